The van der Waals surface area contributed by atoms with Crippen molar-refractivity contribution in [2.24, 2.45) is 0 Å². The van der Waals surface area contributed by atoms with Gasteiger partial charge in [0.05, 0.1) is 12.0 Å². The van der Waals surface area contributed by atoms with Crippen molar-refractivity contribution in [3.8, 4) is 0 Å². The number of hydrogen-bond acceptors (Lipinski definition) is 3. The van der Waals surface area contributed by atoms with E-state index < -0.39 is 5.97 Å². The van der Waals surface area contributed by atoms with Gasteiger partial charge in [0, 0.05) is 32.7 Å². The Kier molecular flexibility index (Phi) is 5.46. The van der Waals surface area contributed by atoms with E-state index in [9.17, 15) is 9.59 Å². The lowest BCUT2D eigenvalue weighted by Gasteiger charge is -2.35. The topological polar surface area (TPSA) is 60.9 Å². The molecule has 1 aliphatic rings. The molecular formula is C20H22N2O3. The van der Waals surface area contributed by atoms with Crippen molar-refractivity contribution in [2.75, 3.05) is 26.2 Å². The van der Waals surface area contributed by atoms with Gasteiger partial charge in [-0.2, -0.15) is 0 Å². The van der Waals surface area contributed by atoms with Gasteiger partial charge in [-0.3, -0.25) is 9.69 Å². The molecule has 1 fully saturated rings. The minimum Gasteiger partial charge on any atom is -0.478 e. The normalized spacial score (nSPS) is 15.1. The van der Waals surface area contributed by atoms with Crippen molar-refractivity contribution in [1.82, 2.24) is 9.80 Å². The van der Waals surface area contributed by atoms with Crippen LogP contribution < -0.4 is 0 Å². The molecule has 0 saturated carbocycles. The monoisotopic (exact) mass is 338 g/mol. The molecule has 5 nitrogen and oxygen atoms in total. The first-order chi connectivity index (χ1) is 12.1. The van der Waals surface area contributed by atoms with Gasteiger partial charge < -0.3 is 10.0 Å². The number of carbonyl (C=O) groups excluding carboxylic acids is 1. The fourth-order valence-corrected chi connectivity index (χ4v) is 3.10. The van der Waals surface area contributed by atoms with Crippen molar-refractivity contribution in [1.29, 1.82) is 0 Å². The third kappa shape index (κ3) is 4.67. The van der Waals surface area contributed by atoms with Crippen LogP contribution in [-0.4, -0.2) is 53.0 Å². The number of nitrogens with zero attached hydrogens (tertiary/aromatic N) is 2. The zero-order valence-corrected chi connectivity index (χ0v) is 14.1. The van der Waals surface area contributed by atoms with Crippen molar-refractivity contribution < 1.29 is 14.7 Å². The third-order valence-corrected chi connectivity index (χ3v) is 4.50. The van der Waals surface area contributed by atoms with Crippen LogP contribution in [0.1, 0.15) is 21.5 Å². The van der Waals surface area contributed by atoms with E-state index in [0.29, 0.717) is 31.6 Å². The summed E-state index contributed by atoms with van der Waals surface area (Å²) in [6.45, 7) is 3.74. The summed E-state index contributed by atoms with van der Waals surface area (Å²) in [5.41, 5.74) is 2.35. The summed E-state index contributed by atoms with van der Waals surface area (Å²) in [5, 5.41) is 9.07. The summed E-state index contributed by atoms with van der Waals surface area (Å²) in [6.07, 6.45) is 0.446. The Morgan fingerprint density at radius 2 is 1.56 bits per heavy atom. The maximum Gasteiger partial charge on any atom is 0.335 e. The number of carboxylic acids is 1. The van der Waals surface area contributed by atoms with Crippen LogP contribution >= 0.6 is 0 Å². The molecule has 0 bridgehead atoms. The second-order valence-corrected chi connectivity index (χ2v) is 6.32. The second kappa shape index (κ2) is 7.94. The molecule has 1 heterocycles. The number of aromatic carboxylic acids is 1. The van der Waals surface area contributed by atoms with E-state index in [4.69, 9.17) is 5.11 Å². The SMILES string of the molecule is O=C(O)c1cccc(CN2CCN(C(=O)Cc3ccccc3)CC2)c1. The minimum atomic E-state index is -0.904. The Balaban J connectivity index is 1.51. The van der Waals surface area contributed by atoms with Crippen molar-refractivity contribution in [2.45, 2.75) is 13.0 Å². The molecule has 25 heavy (non-hydrogen) atoms. The van der Waals surface area contributed by atoms with Crippen LogP contribution in [0, 0.1) is 0 Å². The number of amides is 1. The molecule has 0 atom stereocenters. The predicted octanol–water partition coefficient (Wildman–Crippen LogP) is 2.27. The summed E-state index contributed by atoms with van der Waals surface area (Å²) in [4.78, 5) is 27.6. The molecule has 0 radical (unpaired) electrons. The minimum absolute atomic E-state index is 0.165. The lowest BCUT2D eigenvalue weighted by molar-refractivity contribution is -0.132. The number of rotatable bonds is 5. The summed E-state index contributed by atoms with van der Waals surface area (Å²) in [7, 11) is 0. The molecule has 130 valence electrons. The molecule has 1 amide bonds. The summed E-state index contributed by atoms with van der Waals surface area (Å²) in [5.74, 6) is -0.739. The number of carboxylic acid groups (broad SMARTS) is 1. The van der Waals surface area contributed by atoms with E-state index in [2.05, 4.69) is 4.90 Å². The second-order valence-electron chi connectivity index (χ2n) is 6.32. The number of carbonyl (C=O) groups is 2. The van der Waals surface area contributed by atoms with E-state index in [1.807, 2.05) is 41.3 Å². The van der Waals surface area contributed by atoms with Crippen LogP contribution in [0.4, 0.5) is 0 Å². The van der Waals surface area contributed by atoms with Gasteiger partial charge in [-0.15, -0.1) is 0 Å². The van der Waals surface area contributed by atoms with Crippen LogP contribution in [0.15, 0.2) is 54.6 Å². The molecule has 0 unspecified atom stereocenters. The van der Waals surface area contributed by atoms with E-state index >= 15 is 0 Å². The molecule has 1 aliphatic heterocycles. The van der Waals surface area contributed by atoms with Crippen LogP contribution in [0.2, 0.25) is 0 Å². The molecule has 2 aromatic carbocycles. The van der Waals surface area contributed by atoms with Crippen molar-refractivity contribution >= 4 is 11.9 Å². The number of hydrogen-bond donors (Lipinski definition) is 1. The predicted molar refractivity (Wildman–Crippen MR) is 95.4 cm³/mol. The summed E-state index contributed by atoms with van der Waals surface area (Å²) < 4.78 is 0. The first kappa shape index (κ1) is 17.2. The molecule has 1 N–H and O–H groups in total. The summed E-state index contributed by atoms with van der Waals surface area (Å²) in [6, 6.07) is 16.8. The van der Waals surface area contributed by atoms with E-state index in [0.717, 1.165) is 24.2 Å². The van der Waals surface area contributed by atoms with Crippen LogP contribution in [0.25, 0.3) is 0 Å². The quantitative estimate of drug-likeness (QED) is 0.908. The van der Waals surface area contributed by atoms with Crippen molar-refractivity contribution in [3.05, 3.63) is 71.3 Å². The Bertz CT molecular complexity index is 738. The highest BCUT2D eigenvalue weighted by Gasteiger charge is 2.21. The molecule has 2 aromatic rings. The molecule has 0 spiro atoms. The third-order valence-electron chi connectivity index (χ3n) is 4.50. The zero-order chi connectivity index (χ0) is 17.6. The van der Waals surface area contributed by atoms with E-state index in [-0.39, 0.29) is 5.91 Å². The van der Waals surface area contributed by atoms with Gasteiger partial charge in [0.25, 0.3) is 0 Å². The molecule has 3 rings (SSSR count). The Labute approximate surface area is 147 Å². The number of benzene rings is 2. The maximum atomic E-state index is 12.4. The highest BCUT2D eigenvalue weighted by molar-refractivity contribution is 5.87. The largest absolute Gasteiger partial charge is 0.478 e. The summed E-state index contributed by atoms with van der Waals surface area (Å²) >= 11 is 0. The van der Waals surface area contributed by atoms with Gasteiger partial charge in [-0.1, -0.05) is 42.5 Å². The molecule has 0 aliphatic carbocycles. The average Bonchev–Trinajstić information content (AvgIpc) is 2.63. The van der Waals surface area contributed by atoms with E-state index in [1.54, 1.807) is 18.2 Å². The van der Waals surface area contributed by atoms with Gasteiger partial charge >= 0.3 is 5.97 Å². The highest BCUT2D eigenvalue weighted by atomic mass is 16.4. The lowest BCUT2D eigenvalue weighted by Crippen LogP contribution is -2.48. The Morgan fingerprint density at radius 3 is 2.24 bits per heavy atom. The van der Waals surface area contributed by atoms with Gasteiger partial charge in [0.2, 0.25) is 5.91 Å². The van der Waals surface area contributed by atoms with Crippen LogP contribution in [0.5, 0.6) is 0 Å². The fourth-order valence-electron chi connectivity index (χ4n) is 3.10. The molecule has 5 heteroatoms. The van der Waals surface area contributed by atoms with Crippen molar-refractivity contribution in [3.63, 3.8) is 0 Å². The van der Waals surface area contributed by atoms with Gasteiger partial charge in [0.1, 0.15) is 0 Å². The highest BCUT2D eigenvalue weighted by Crippen LogP contribution is 2.12. The molecule has 1 saturated heterocycles. The first-order valence-electron chi connectivity index (χ1n) is 8.48. The maximum absolute atomic E-state index is 12.4. The molecular weight excluding hydrogens is 316 g/mol. The standard InChI is InChI=1S/C20H22N2O3/c23-19(14-16-5-2-1-3-6-16)22-11-9-21(10-12-22)15-17-7-4-8-18(13-17)20(24)25/h1-8,13H,9-12,14-15H2,(H,24,25). The van der Waals surface area contributed by atoms with Gasteiger partial charge in [-0.05, 0) is 23.3 Å². The molecule has 0 aromatic heterocycles. The number of piperazine rings is 1. The van der Waals surface area contributed by atoms with Crippen LogP contribution in [-0.2, 0) is 17.8 Å². The lowest BCUT2D eigenvalue weighted by atomic mass is 10.1. The average molecular weight is 338 g/mol. The van der Waals surface area contributed by atoms with Gasteiger partial charge in [-0.25, -0.2) is 4.79 Å². The van der Waals surface area contributed by atoms with Gasteiger partial charge in [0.15, 0.2) is 0 Å². The van der Waals surface area contributed by atoms with Crippen LogP contribution in [0.3, 0.4) is 0 Å². The van der Waals surface area contributed by atoms with E-state index in [1.165, 1.54) is 0 Å². The Morgan fingerprint density at radius 1 is 0.880 bits per heavy atom. The zero-order valence-electron chi connectivity index (χ0n) is 14.1. The Hall–Kier alpha value is -2.66. The first-order valence-corrected chi connectivity index (χ1v) is 8.48. The fraction of sp³-hybridized carbons (Fsp3) is 0.300. The smallest absolute Gasteiger partial charge is 0.335 e.